The van der Waals surface area contributed by atoms with Gasteiger partial charge in [0.2, 0.25) is 0 Å². The van der Waals surface area contributed by atoms with Crippen LogP contribution < -0.4 is 10.1 Å². The summed E-state index contributed by atoms with van der Waals surface area (Å²) in [6.07, 6.45) is 0.0389. The molecule has 40 heavy (non-hydrogen) atoms. The Balaban J connectivity index is 1.33. The molecule has 6 nitrogen and oxygen atoms in total. The van der Waals surface area contributed by atoms with E-state index in [-0.39, 0.29) is 35.6 Å². The van der Waals surface area contributed by atoms with E-state index in [0.717, 1.165) is 37.0 Å². The molecule has 2 aromatic carbocycles. The summed E-state index contributed by atoms with van der Waals surface area (Å²) in [5, 5.41) is 11.1. The highest BCUT2D eigenvalue weighted by molar-refractivity contribution is 6.31. The summed E-state index contributed by atoms with van der Waals surface area (Å²) in [5.74, 6) is 0.961. The van der Waals surface area contributed by atoms with Gasteiger partial charge in [0, 0.05) is 24.7 Å². The number of carbonyl (C=O) groups is 2. The number of carboxylic acid groups (broad SMARTS) is 1. The minimum Gasteiger partial charge on any atom is -0.494 e. The number of alkyl halides is 3. The lowest BCUT2D eigenvalue weighted by Gasteiger charge is -2.61. The Labute approximate surface area is 236 Å². The minimum atomic E-state index is -4.63. The molecule has 216 valence electrons. The molecule has 0 radical (unpaired) electrons. The number of hydrogen-bond acceptors (Lipinski definition) is 3. The van der Waals surface area contributed by atoms with E-state index in [1.165, 1.54) is 12.5 Å². The average Bonchev–Trinajstić information content (AvgIpc) is 3.57. The van der Waals surface area contributed by atoms with Gasteiger partial charge in [0.05, 0.1) is 17.2 Å². The van der Waals surface area contributed by atoms with Gasteiger partial charge in [-0.05, 0) is 90.7 Å². The number of aliphatic carboxylic acids is 1. The van der Waals surface area contributed by atoms with Gasteiger partial charge in [-0.15, -0.1) is 0 Å². The molecule has 4 fully saturated rings. The molecule has 1 spiro atoms. The van der Waals surface area contributed by atoms with E-state index in [4.69, 9.17) is 21.4 Å². The van der Waals surface area contributed by atoms with E-state index in [1.807, 2.05) is 12.1 Å². The maximum Gasteiger partial charge on any atom is 0.417 e. The molecule has 6 rings (SSSR count). The number of carbonyl (C=O) groups excluding carboxylic acids is 1. The van der Waals surface area contributed by atoms with Crippen molar-refractivity contribution < 1.29 is 32.6 Å². The van der Waals surface area contributed by atoms with Gasteiger partial charge in [0.1, 0.15) is 5.75 Å². The Kier molecular flexibility index (Phi) is 7.48. The number of nitrogens with one attached hydrogen (secondary N) is 1. The predicted molar refractivity (Wildman–Crippen MR) is 145 cm³/mol. The quantitative estimate of drug-likeness (QED) is 0.297. The monoisotopic (exact) mass is 578 g/mol. The Morgan fingerprint density at radius 3 is 2.52 bits per heavy atom. The molecular weight excluding hydrogens is 545 g/mol. The van der Waals surface area contributed by atoms with E-state index < -0.39 is 28.8 Å². The number of ether oxygens (including phenoxy) is 1. The molecule has 4 aliphatic rings. The van der Waals surface area contributed by atoms with Crippen LogP contribution in [0.3, 0.4) is 0 Å². The van der Waals surface area contributed by atoms with Crippen molar-refractivity contribution >= 4 is 29.3 Å². The normalized spacial score (nSPS) is 26.1. The van der Waals surface area contributed by atoms with Gasteiger partial charge < -0.3 is 20.1 Å². The van der Waals surface area contributed by atoms with Crippen LogP contribution in [-0.4, -0.2) is 34.7 Å². The van der Waals surface area contributed by atoms with Crippen LogP contribution in [0.2, 0.25) is 5.02 Å². The Bertz CT molecular complexity index is 1280. The number of fused-ring (bicyclic) bond motifs is 1. The molecule has 2 amide bonds. The molecule has 4 atom stereocenters. The Hall–Kier alpha value is -2.94. The van der Waals surface area contributed by atoms with Crippen LogP contribution in [-0.2, 0) is 17.5 Å². The van der Waals surface area contributed by atoms with Crippen LogP contribution in [0.1, 0.15) is 63.5 Å². The van der Waals surface area contributed by atoms with Gasteiger partial charge in [-0.3, -0.25) is 4.79 Å². The smallest absolute Gasteiger partial charge is 0.417 e. The van der Waals surface area contributed by atoms with Gasteiger partial charge in [-0.25, -0.2) is 4.79 Å². The highest BCUT2D eigenvalue weighted by Gasteiger charge is 2.71. The fourth-order valence-corrected chi connectivity index (χ4v) is 7.33. The zero-order chi connectivity index (χ0) is 28.9. The van der Waals surface area contributed by atoms with E-state index >= 15 is 0 Å². The molecule has 0 aromatic heterocycles. The van der Waals surface area contributed by atoms with Gasteiger partial charge in [-0.1, -0.05) is 37.6 Å². The third-order valence-corrected chi connectivity index (χ3v) is 9.77. The second-order valence-corrected chi connectivity index (χ2v) is 12.4. The van der Waals surface area contributed by atoms with Crippen LogP contribution in [0.25, 0.3) is 0 Å². The maximum atomic E-state index is 13.7. The lowest BCUT2D eigenvalue weighted by atomic mass is 9.44. The largest absolute Gasteiger partial charge is 0.494 e. The summed E-state index contributed by atoms with van der Waals surface area (Å²) in [6.45, 7) is 5.21. The number of benzene rings is 2. The molecule has 2 aromatic rings. The zero-order valence-electron chi connectivity index (χ0n) is 22.6. The van der Waals surface area contributed by atoms with Crippen molar-refractivity contribution in [2.75, 3.05) is 11.9 Å². The molecule has 4 aliphatic carbocycles. The first kappa shape index (κ1) is 28.6. The van der Waals surface area contributed by atoms with Crippen LogP contribution in [0.15, 0.2) is 42.5 Å². The summed E-state index contributed by atoms with van der Waals surface area (Å²) in [5.41, 5.74) is 0.185. The van der Waals surface area contributed by atoms with Gasteiger partial charge >= 0.3 is 18.2 Å². The summed E-state index contributed by atoms with van der Waals surface area (Å²) < 4.78 is 45.9. The molecule has 2 N–H and O–H groups in total. The van der Waals surface area contributed by atoms with Crippen molar-refractivity contribution in [1.82, 2.24) is 4.90 Å². The fraction of sp³-hybridized carbons (Fsp3) is 0.533. The molecule has 3 unspecified atom stereocenters. The van der Waals surface area contributed by atoms with Crippen molar-refractivity contribution in [1.29, 1.82) is 0 Å². The van der Waals surface area contributed by atoms with E-state index in [1.54, 1.807) is 17.0 Å². The average molecular weight is 579 g/mol. The van der Waals surface area contributed by atoms with Gasteiger partial charge in [-0.2, -0.15) is 13.2 Å². The molecule has 0 aliphatic heterocycles. The van der Waals surface area contributed by atoms with Crippen LogP contribution in [0.4, 0.5) is 23.7 Å². The molecule has 10 heteroatoms. The number of halogens is 4. The van der Waals surface area contributed by atoms with E-state index in [2.05, 4.69) is 19.2 Å². The molecule has 2 bridgehead atoms. The summed E-state index contributed by atoms with van der Waals surface area (Å²) in [6, 6.07) is 10.2. The van der Waals surface area contributed by atoms with E-state index in [0.29, 0.717) is 30.6 Å². The first-order chi connectivity index (χ1) is 18.8. The van der Waals surface area contributed by atoms with Crippen molar-refractivity contribution in [3.05, 3.63) is 58.6 Å². The Morgan fingerprint density at radius 2 is 1.90 bits per heavy atom. The first-order valence-corrected chi connectivity index (χ1v) is 14.1. The first-order valence-electron chi connectivity index (χ1n) is 13.7. The number of carboxylic acids is 1. The molecular formula is C30H34ClF3N2O4. The number of anilines is 1. The summed E-state index contributed by atoms with van der Waals surface area (Å²) in [4.78, 5) is 26.1. The Morgan fingerprint density at radius 1 is 1.18 bits per heavy atom. The third kappa shape index (κ3) is 5.49. The zero-order valence-corrected chi connectivity index (χ0v) is 23.3. The number of rotatable bonds is 9. The minimum absolute atomic E-state index is 0.000595. The van der Waals surface area contributed by atoms with Crippen molar-refractivity contribution in [2.45, 2.75) is 71.1 Å². The lowest BCUT2D eigenvalue weighted by Crippen LogP contribution is -2.55. The van der Waals surface area contributed by atoms with Crippen molar-refractivity contribution in [3.63, 3.8) is 0 Å². The van der Waals surface area contributed by atoms with Gasteiger partial charge in [0.25, 0.3) is 0 Å². The van der Waals surface area contributed by atoms with Crippen LogP contribution in [0, 0.1) is 22.7 Å². The summed E-state index contributed by atoms with van der Waals surface area (Å²) in [7, 11) is 0. The van der Waals surface area contributed by atoms with E-state index in [9.17, 15) is 22.8 Å². The highest BCUT2D eigenvalue weighted by Crippen LogP contribution is 2.75. The predicted octanol–water partition coefficient (Wildman–Crippen LogP) is 7.85. The van der Waals surface area contributed by atoms with Crippen molar-refractivity contribution in [3.8, 4) is 5.75 Å². The topological polar surface area (TPSA) is 78.9 Å². The van der Waals surface area contributed by atoms with Gasteiger partial charge in [0.15, 0.2) is 0 Å². The third-order valence-electron chi connectivity index (χ3n) is 9.44. The highest BCUT2D eigenvalue weighted by atomic mass is 35.5. The van der Waals surface area contributed by atoms with Crippen LogP contribution in [0.5, 0.6) is 5.75 Å². The fourth-order valence-electron chi connectivity index (χ4n) is 7.10. The molecule has 0 heterocycles. The number of amides is 2. The molecule has 0 saturated heterocycles. The van der Waals surface area contributed by atoms with Crippen molar-refractivity contribution in [2.24, 2.45) is 22.7 Å². The lowest BCUT2D eigenvalue weighted by molar-refractivity contribution is -0.138. The maximum absolute atomic E-state index is 13.7. The standard InChI is InChI=1S/C30H34ClF3N2O4/c1-28(2)19-11-12-29(24(28)14-19)16-25(29)36(17-18-5-8-21(9-6-18)40-13-3-4-26(37)38)27(39)35-20-7-10-23(31)22(15-20)30(32,33)34/h5-10,15,19,24-25H,3-4,11-14,16-17H2,1-2H3,(H,35,39)(H,37,38)/t19?,24?,25?,29-/m0/s1. The van der Waals surface area contributed by atoms with Crippen LogP contribution >= 0.6 is 11.6 Å². The second kappa shape index (κ2) is 10.5. The SMILES string of the molecule is CC1(C)C2CC[C@]3(CC3N(Cc3ccc(OCCCC(=O)O)cc3)C(=O)Nc3ccc(Cl)c(C(F)(F)F)c3)C1C2. The number of urea groups is 1. The molecule has 4 saturated carbocycles. The second-order valence-electron chi connectivity index (χ2n) is 12.0. The number of hydrogen-bond donors (Lipinski definition) is 2. The summed E-state index contributed by atoms with van der Waals surface area (Å²) >= 11 is 5.78. The number of nitrogens with zero attached hydrogens (tertiary/aromatic N) is 1.